The second-order valence-corrected chi connectivity index (χ2v) is 4.25. The van der Waals surface area contributed by atoms with E-state index < -0.39 is 30.3 Å². The summed E-state index contributed by atoms with van der Waals surface area (Å²) < 4.78 is 26.2. The van der Waals surface area contributed by atoms with Crippen LogP contribution >= 0.6 is 0 Å². The molecule has 19 heavy (non-hydrogen) atoms. The van der Waals surface area contributed by atoms with Crippen molar-refractivity contribution in [3.63, 3.8) is 0 Å². The van der Waals surface area contributed by atoms with Crippen LogP contribution in [0.3, 0.4) is 0 Å². The fourth-order valence-corrected chi connectivity index (χ4v) is 2.07. The van der Waals surface area contributed by atoms with Crippen molar-refractivity contribution in [1.29, 1.82) is 0 Å². The minimum atomic E-state index is -0.708. The van der Waals surface area contributed by atoms with Crippen molar-refractivity contribution in [3.05, 3.63) is 0 Å². The Morgan fingerprint density at radius 1 is 1.11 bits per heavy atom. The van der Waals surface area contributed by atoms with Gasteiger partial charge in [0.2, 0.25) is 0 Å². The van der Waals surface area contributed by atoms with Crippen LogP contribution < -0.4 is 0 Å². The molecule has 0 aromatic rings. The van der Waals surface area contributed by atoms with E-state index in [9.17, 15) is 9.59 Å². The zero-order valence-corrected chi connectivity index (χ0v) is 11.6. The first-order chi connectivity index (χ1) is 8.99. The summed E-state index contributed by atoms with van der Waals surface area (Å²) in [5.41, 5.74) is 0. The Labute approximate surface area is 112 Å². The fraction of sp³-hybridized carbons (Fsp3) is 0.833. The zero-order valence-electron chi connectivity index (χ0n) is 11.6. The van der Waals surface area contributed by atoms with Crippen LogP contribution in [0, 0.1) is 0 Å². The second kappa shape index (κ2) is 7.42. The van der Waals surface area contributed by atoms with Crippen molar-refractivity contribution in [2.45, 2.75) is 38.3 Å². The molecule has 0 bridgehead atoms. The maximum absolute atomic E-state index is 11.2. The fourth-order valence-electron chi connectivity index (χ4n) is 2.07. The van der Waals surface area contributed by atoms with E-state index in [0.717, 1.165) is 0 Å². The topological polar surface area (TPSA) is 80.3 Å². The van der Waals surface area contributed by atoms with E-state index in [1.165, 1.54) is 28.1 Å². The van der Waals surface area contributed by atoms with Gasteiger partial charge in [-0.2, -0.15) is 0 Å². The van der Waals surface area contributed by atoms with Gasteiger partial charge in [-0.15, -0.1) is 0 Å². The van der Waals surface area contributed by atoms with E-state index >= 15 is 0 Å². The molecular formula is C12H20O7. The van der Waals surface area contributed by atoms with Crippen LogP contribution in [0.15, 0.2) is 0 Å². The van der Waals surface area contributed by atoms with E-state index in [2.05, 4.69) is 0 Å². The first kappa shape index (κ1) is 15.9. The van der Waals surface area contributed by atoms with Crippen LogP contribution in [0.2, 0.25) is 0 Å². The number of esters is 2. The molecule has 7 nitrogen and oxygen atoms in total. The quantitative estimate of drug-likeness (QED) is 0.649. The lowest BCUT2D eigenvalue weighted by Crippen LogP contribution is -2.57. The third-order valence-corrected chi connectivity index (χ3v) is 2.75. The predicted molar refractivity (Wildman–Crippen MR) is 63.5 cm³/mol. The molecule has 110 valence electrons. The molecule has 0 saturated carbocycles. The molecule has 1 rings (SSSR count). The molecule has 0 aromatic carbocycles. The van der Waals surface area contributed by atoms with E-state index in [1.54, 1.807) is 0 Å². The third-order valence-electron chi connectivity index (χ3n) is 2.75. The van der Waals surface area contributed by atoms with Gasteiger partial charge in [0, 0.05) is 28.1 Å². The number of ether oxygens (including phenoxy) is 5. The van der Waals surface area contributed by atoms with Gasteiger partial charge in [0.05, 0.1) is 13.2 Å². The molecule has 0 spiro atoms. The van der Waals surface area contributed by atoms with Gasteiger partial charge < -0.3 is 23.7 Å². The van der Waals surface area contributed by atoms with Gasteiger partial charge in [0.25, 0.3) is 0 Å². The average Bonchev–Trinajstić information content (AvgIpc) is 2.32. The van der Waals surface area contributed by atoms with Gasteiger partial charge >= 0.3 is 11.9 Å². The van der Waals surface area contributed by atoms with Gasteiger partial charge in [-0.3, -0.25) is 9.59 Å². The van der Waals surface area contributed by atoms with Crippen molar-refractivity contribution in [2.75, 3.05) is 27.4 Å². The highest BCUT2D eigenvalue weighted by molar-refractivity contribution is 5.67. The van der Waals surface area contributed by atoms with Crippen LogP contribution in [0.1, 0.15) is 13.8 Å². The maximum Gasteiger partial charge on any atom is 0.303 e. The highest BCUT2D eigenvalue weighted by Crippen LogP contribution is 2.23. The smallest absolute Gasteiger partial charge is 0.303 e. The SMILES string of the molecule is COC[C@@H]1OC[C@@H](OC(C)=O)[C@@H](OC(C)=O)[C@@H]1OC. The van der Waals surface area contributed by atoms with Crippen molar-refractivity contribution < 1.29 is 33.3 Å². The van der Waals surface area contributed by atoms with Crippen LogP contribution in [0.4, 0.5) is 0 Å². The summed E-state index contributed by atoms with van der Waals surface area (Å²) in [6.45, 7) is 3.00. The molecule has 0 amide bonds. The number of hydrogen-bond acceptors (Lipinski definition) is 7. The Balaban J connectivity index is 2.84. The summed E-state index contributed by atoms with van der Waals surface area (Å²) in [6.07, 6.45) is -2.33. The first-order valence-electron chi connectivity index (χ1n) is 5.97. The largest absolute Gasteiger partial charge is 0.456 e. The average molecular weight is 276 g/mol. The van der Waals surface area contributed by atoms with Gasteiger partial charge in [-0.25, -0.2) is 0 Å². The van der Waals surface area contributed by atoms with Crippen LogP contribution in [0.5, 0.6) is 0 Å². The molecule has 1 heterocycles. The van der Waals surface area contributed by atoms with Crippen LogP contribution in [-0.4, -0.2) is 63.8 Å². The van der Waals surface area contributed by atoms with E-state index in [0.29, 0.717) is 6.61 Å². The van der Waals surface area contributed by atoms with Crippen molar-refractivity contribution in [3.8, 4) is 0 Å². The van der Waals surface area contributed by atoms with Crippen molar-refractivity contribution >= 4 is 11.9 Å². The predicted octanol–water partition coefficient (Wildman–Crippen LogP) is -0.0900. The lowest BCUT2D eigenvalue weighted by Gasteiger charge is -2.40. The van der Waals surface area contributed by atoms with Crippen molar-refractivity contribution in [1.82, 2.24) is 0 Å². The highest BCUT2D eigenvalue weighted by Gasteiger charge is 2.44. The molecule has 0 aliphatic carbocycles. The number of rotatable bonds is 5. The van der Waals surface area contributed by atoms with E-state index in [4.69, 9.17) is 23.7 Å². The molecule has 4 atom stereocenters. The molecule has 0 N–H and O–H groups in total. The van der Waals surface area contributed by atoms with E-state index in [1.807, 2.05) is 0 Å². The Hall–Kier alpha value is -1.18. The van der Waals surface area contributed by atoms with Gasteiger partial charge in [-0.05, 0) is 0 Å². The summed E-state index contributed by atoms with van der Waals surface area (Å²) >= 11 is 0. The molecule has 7 heteroatoms. The minimum Gasteiger partial charge on any atom is -0.456 e. The molecule has 1 aliphatic rings. The van der Waals surface area contributed by atoms with Crippen molar-refractivity contribution in [2.24, 2.45) is 0 Å². The lowest BCUT2D eigenvalue weighted by atomic mass is 9.99. The monoisotopic (exact) mass is 276 g/mol. The molecule has 1 aliphatic heterocycles. The summed E-state index contributed by atoms with van der Waals surface area (Å²) in [5.74, 6) is -0.937. The maximum atomic E-state index is 11.2. The number of carbonyl (C=O) groups is 2. The standard InChI is InChI=1S/C12H20O7/c1-7(13)18-10-6-17-9(5-15-3)11(16-4)12(10)19-8(2)14/h9-12H,5-6H2,1-4H3/t9-,10+,11+,12+/m0/s1. The normalized spacial score (nSPS) is 30.7. The number of carbonyl (C=O) groups excluding carboxylic acids is 2. The number of methoxy groups -OCH3 is 2. The minimum absolute atomic E-state index is 0.130. The first-order valence-corrected chi connectivity index (χ1v) is 5.97. The van der Waals surface area contributed by atoms with Gasteiger partial charge in [0.15, 0.2) is 12.2 Å². The second-order valence-electron chi connectivity index (χ2n) is 4.25. The zero-order chi connectivity index (χ0) is 14.4. The summed E-state index contributed by atoms with van der Waals surface area (Å²) in [7, 11) is 3.01. The molecule has 0 radical (unpaired) electrons. The third kappa shape index (κ3) is 4.45. The van der Waals surface area contributed by atoms with Gasteiger partial charge in [0.1, 0.15) is 12.2 Å². The Morgan fingerprint density at radius 3 is 2.21 bits per heavy atom. The van der Waals surface area contributed by atoms with E-state index in [-0.39, 0.29) is 12.7 Å². The molecule has 0 unspecified atom stereocenters. The summed E-state index contributed by atoms with van der Waals surface area (Å²) in [6, 6.07) is 0. The molecule has 0 aromatic heterocycles. The van der Waals surface area contributed by atoms with Gasteiger partial charge in [-0.1, -0.05) is 0 Å². The summed E-state index contributed by atoms with van der Waals surface area (Å²) in [5, 5.41) is 0. The molecular weight excluding hydrogens is 256 g/mol. The van der Waals surface area contributed by atoms with Crippen LogP contribution in [-0.2, 0) is 33.3 Å². The summed E-state index contributed by atoms with van der Waals surface area (Å²) in [4.78, 5) is 22.2. The highest BCUT2D eigenvalue weighted by atomic mass is 16.6. The van der Waals surface area contributed by atoms with Crippen LogP contribution in [0.25, 0.3) is 0 Å². The molecule has 1 saturated heterocycles. The Bertz CT molecular complexity index is 317. The molecule has 1 fully saturated rings. The Kier molecular flexibility index (Phi) is 6.20. The number of hydrogen-bond donors (Lipinski definition) is 0. The lowest BCUT2D eigenvalue weighted by molar-refractivity contribution is -0.227. The Morgan fingerprint density at radius 2 is 1.74 bits per heavy atom.